The highest BCUT2D eigenvalue weighted by Gasteiger charge is 2.45. The molecule has 2 N–H and O–H groups in total. The van der Waals surface area contributed by atoms with Crippen molar-refractivity contribution in [2.45, 2.75) is 56.5 Å². The highest BCUT2D eigenvalue weighted by molar-refractivity contribution is 5.20. The molecule has 2 atom stereocenters. The van der Waals surface area contributed by atoms with Crippen LogP contribution in [0.2, 0.25) is 0 Å². The summed E-state index contributed by atoms with van der Waals surface area (Å²) >= 11 is 0. The average molecular weight is 261 g/mol. The Morgan fingerprint density at radius 3 is 2.58 bits per heavy atom. The molecule has 1 aromatic rings. The second kappa shape index (κ2) is 5.23. The SMILES string of the molecule is C[C@@H](c1ccccc1)C1COC2(CCC(N)CC2)O1. The summed E-state index contributed by atoms with van der Waals surface area (Å²) in [4.78, 5) is 0. The third-order valence-electron chi connectivity index (χ3n) is 4.55. The maximum Gasteiger partial charge on any atom is 0.169 e. The molecule has 2 aliphatic rings. The van der Waals surface area contributed by atoms with Crippen LogP contribution in [0, 0.1) is 0 Å². The fraction of sp³-hybridized carbons (Fsp3) is 0.625. The first-order valence-electron chi connectivity index (χ1n) is 7.31. The zero-order valence-electron chi connectivity index (χ0n) is 11.5. The van der Waals surface area contributed by atoms with Crippen molar-refractivity contribution in [3.05, 3.63) is 35.9 Å². The van der Waals surface area contributed by atoms with Crippen LogP contribution in [-0.2, 0) is 9.47 Å². The fourth-order valence-corrected chi connectivity index (χ4v) is 3.14. The van der Waals surface area contributed by atoms with E-state index in [1.807, 2.05) is 6.07 Å². The summed E-state index contributed by atoms with van der Waals surface area (Å²) in [6, 6.07) is 10.9. The van der Waals surface area contributed by atoms with Crippen molar-refractivity contribution in [1.29, 1.82) is 0 Å². The normalized spacial score (nSPS) is 36.5. The van der Waals surface area contributed by atoms with E-state index in [4.69, 9.17) is 15.2 Å². The van der Waals surface area contributed by atoms with Crippen LogP contribution in [0.15, 0.2) is 30.3 Å². The molecule has 0 amide bonds. The largest absolute Gasteiger partial charge is 0.347 e. The molecule has 1 aliphatic heterocycles. The number of rotatable bonds is 2. The first-order valence-corrected chi connectivity index (χ1v) is 7.31. The van der Waals surface area contributed by atoms with Gasteiger partial charge >= 0.3 is 0 Å². The van der Waals surface area contributed by atoms with E-state index in [1.54, 1.807) is 0 Å². The highest BCUT2D eigenvalue weighted by atomic mass is 16.7. The molecule has 0 radical (unpaired) electrons. The van der Waals surface area contributed by atoms with Crippen LogP contribution in [0.5, 0.6) is 0 Å². The fourth-order valence-electron chi connectivity index (χ4n) is 3.14. The van der Waals surface area contributed by atoms with Crippen molar-refractivity contribution in [3.63, 3.8) is 0 Å². The van der Waals surface area contributed by atoms with Crippen molar-refractivity contribution < 1.29 is 9.47 Å². The maximum absolute atomic E-state index is 6.28. The first-order chi connectivity index (χ1) is 9.19. The Hall–Kier alpha value is -0.900. The van der Waals surface area contributed by atoms with Gasteiger partial charge in [-0.2, -0.15) is 0 Å². The van der Waals surface area contributed by atoms with E-state index in [9.17, 15) is 0 Å². The molecule has 3 nitrogen and oxygen atoms in total. The Labute approximate surface area is 115 Å². The zero-order chi connectivity index (χ0) is 13.3. The molecule has 3 rings (SSSR count). The van der Waals surface area contributed by atoms with Gasteiger partial charge in [0.15, 0.2) is 5.79 Å². The minimum atomic E-state index is -0.344. The summed E-state index contributed by atoms with van der Waals surface area (Å²) in [6.07, 6.45) is 4.05. The van der Waals surface area contributed by atoms with Gasteiger partial charge in [0.1, 0.15) is 0 Å². The summed E-state index contributed by atoms with van der Waals surface area (Å²) in [7, 11) is 0. The van der Waals surface area contributed by atoms with Crippen LogP contribution in [0.25, 0.3) is 0 Å². The van der Waals surface area contributed by atoms with Crippen molar-refractivity contribution >= 4 is 0 Å². The summed E-state index contributed by atoms with van der Waals surface area (Å²) in [6.45, 7) is 2.92. The Morgan fingerprint density at radius 1 is 1.21 bits per heavy atom. The summed E-state index contributed by atoms with van der Waals surface area (Å²) in [5, 5.41) is 0. The molecule has 1 aromatic carbocycles. The lowest BCUT2D eigenvalue weighted by Crippen LogP contribution is -2.40. The van der Waals surface area contributed by atoms with Crippen LogP contribution in [0.1, 0.15) is 44.1 Å². The van der Waals surface area contributed by atoms with E-state index in [1.165, 1.54) is 5.56 Å². The molecule has 1 aliphatic carbocycles. The molecule has 3 heteroatoms. The van der Waals surface area contributed by atoms with Gasteiger partial charge in [0, 0.05) is 24.8 Å². The van der Waals surface area contributed by atoms with E-state index in [0.29, 0.717) is 18.6 Å². The van der Waals surface area contributed by atoms with E-state index >= 15 is 0 Å². The van der Waals surface area contributed by atoms with E-state index in [0.717, 1.165) is 25.7 Å². The average Bonchev–Trinajstić information content (AvgIpc) is 2.87. The molecule has 1 heterocycles. The number of nitrogens with two attached hydrogens (primary N) is 1. The molecular formula is C16H23NO2. The van der Waals surface area contributed by atoms with Crippen molar-refractivity contribution in [2.75, 3.05) is 6.61 Å². The Kier molecular flexibility index (Phi) is 3.61. The molecule has 1 saturated heterocycles. The van der Waals surface area contributed by atoms with Gasteiger partial charge in [-0.3, -0.25) is 0 Å². The van der Waals surface area contributed by atoms with Crippen molar-refractivity contribution in [2.24, 2.45) is 5.73 Å². The van der Waals surface area contributed by atoms with Gasteiger partial charge in [0.05, 0.1) is 12.7 Å². The lowest BCUT2D eigenvalue weighted by atomic mass is 9.90. The van der Waals surface area contributed by atoms with Gasteiger partial charge in [0.25, 0.3) is 0 Å². The first kappa shape index (κ1) is 13.1. The predicted octanol–water partition coefficient (Wildman–Crippen LogP) is 2.80. The molecule has 1 saturated carbocycles. The van der Waals surface area contributed by atoms with E-state index in [2.05, 4.69) is 31.2 Å². The maximum atomic E-state index is 6.28. The quantitative estimate of drug-likeness (QED) is 0.890. The Morgan fingerprint density at radius 2 is 1.89 bits per heavy atom. The number of ether oxygens (including phenoxy) is 2. The topological polar surface area (TPSA) is 44.5 Å². The van der Waals surface area contributed by atoms with Gasteiger partial charge in [0.2, 0.25) is 0 Å². The predicted molar refractivity (Wildman–Crippen MR) is 74.9 cm³/mol. The molecule has 0 bridgehead atoms. The van der Waals surface area contributed by atoms with Crippen LogP contribution < -0.4 is 5.73 Å². The highest BCUT2D eigenvalue weighted by Crippen LogP contribution is 2.40. The second-order valence-corrected chi connectivity index (χ2v) is 5.91. The molecule has 19 heavy (non-hydrogen) atoms. The molecule has 0 aromatic heterocycles. The number of benzene rings is 1. The number of hydrogen-bond acceptors (Lipinski definition) is 3. The monoisotopic (exact) mass is 261 g/mol. The lowest BCUT2D eigenvalue weighted by Gasteiger charge is -2.35. The lowest BCUT2D eigenvalue weighted by molar-refractivity contribution is -0.190. The molecule has 2 fully saturated rings. The number of hydrogen-bond donors (Lipinski definition) is 1. The Bertz CT molecular complexity index is 412. The molecular weight excluding hydrogens is 238 g/mol. The van der Waals surface area contributed by atoms with Crippen LogP contribution in [-0.4, -0.2) is 24.5 Å². The zero-order valence-corrected chi connectivity index (χ0v) is 11.5. The third kappa shape index (κ3) is 2.69. The molecule has 1 unspecified atom stereocenters. The molecule has 104 valence electrons. The van der Waals surface area contributed by atoms with Gasteiger partial charge in [-0.25, -0.2) is 0 Å². The van der Waals surface area contributed by atoms with Gasteiger partial charge in [-0.15, -0.1) is 0 Å². The van der Waals surface area contributed by atoms with Crippen LogP contribution in [0.3, 0.4) is 0 Å². The van der Waals surface area contributed by atoms with Crippen molar-refractivity contribution in [3.8, 4) is 0 Å². The summed E-state index contributed by atoms with van der Waals surface area (Å²) in [5.74, 6) is 0.0278. The van der Waals surface area contributed by atoms with Crippen LogP contribution >= 0.6 is 0 Å². The minimum absolute atomic E-state index is 0.164. The minimum Gasteiger partial charge on any atom is -0.347 e. The van der Waals surface area contributed by atoms with Crippen LogP contribution in [0.4, 0.5) is 0 Å². The van der Waals surface area contributed by atoms with Crippen molar-refractivity contribution in [1.82, 2.24) is 0 Å². The smallest absolute Gasteiger partial charge is 0.169 e. The van der Waals surface area contributed by atoms with E-state index < -0.39 is 0 Å². The summed E-state index contributed by atoms with van der Waals surface area (Å²) in [5.41, 5.74) is 7.28. The van der Waals surface area contributed by atoms with Gasteiger partial charge < -0.3 is 15.2 Å². The molecule has 1 spiro atoms. The van der Waals surface area contributed by atoms with E-state index in [-0.39, 0.29) is 11.9 Å². The summed E-state index contributed by atoms with van der Waals surface area (Å²) < 4.78 is 12.3. The standard InChI is InChI=1S/C16H23NO2/c1-12(13-5-3-2-4-6-13)15-11-18-16(19-15)9-7-14(17)8-10-16/h2-6,12,14-15H,7-11,17H2,1H3/t12-,14?,15?,16?/m0/s1. The van der Waals surface area contributed by atoms with Gasteiger partial charge in [-0.1, -0.05) is 37.3 Å². The third-order valence-corrected chi connectivity index (χ3v) is 4.55. The van der Waals surface area contributed by atoms with Gasteiger partial charge in [-0.05, 0) is 18.4 Å². The Balaban J connectivity index is 1.66. The second-order valence-electron chi connectivity index (χ2n) is 5.91.